The van der Waals surface area contributed by atoms with Crippen LogP contribution in [0.1, 0.15) is 0 Å². The number of hydrogen-bond donors (Lipinski definition) is 0. The van der Waals surface area contributed by atoms with Gasteiger partial charge in [0.2, 0.25) is 0 Å². The fourth-order valence-electron chi connectivity index (χ4n) is 9.63. The SMILES string of the molecule is c1ccc(-c2ccccc2N(c2ccc(-c3cccc4c3ccc3ccc5ccc6ccccc6c5c34)cc2)c2ccc3c(c2)c2ccccc2n3-c2ccccc2)cc1. The Morgan fingerprint density at radius 3 is 1.68 bits per heavy atom. The first-order valence-corrected chi connectivity index (χ1v) is 20.7. The van der Waals surface area contributed by atoms with Gasteiger partial charge in [-0.3, -0.25) is 0 Å². The van der Waals surface area contributed by atoms with Gasteiger partial charge in [0.05, 0.1) is 16.7 Å². The van der Waals surface area contributed by atoms with Crippen molar-refractivity contribution in [1.29, 1.82) is 0 Å². The van der Waals surface area contributed by atoms with Crippen LogP contribution in [0, 0.1) is 0 Å². The second-order valence-corrected chi connectivity index (χ2v) is 15.7. The first-order chi connectivity index (χ1) is 29.8. The highest BCUT2D eigenvalue weighted by molar-refractivity contribution is 6.28. The highest BCUT2D eigenvalue weighted by Crippen LogP contribution is 2.45. The molecule has 0 aliphatic carbocycles. The highest BCUT2D eigenvalue weighted by Gasteiger charge is 2.20. The van der Waals surface area contributed by atoms with Gasteiger partial charge in [-0.25, -0.2) is 0 Å². The van der Waals surface area contributed by atoms with E-state index in [2.05, 4.69) is 240 Å². The minimum Gasteiger partial charge on any atom is -0.310 e. The Kier molecular flexibility index (Phi) is 7.89. The van der Waals surface area contributed by atoms with E-state index in [0.717, 1.165) is 22.7 Å². The van der Waals surface area contributed by atoms with Crippen molar-refractivity contribution in [3.8, 4) is 27.9 Å². The molecule has 0 aliphatic rings. The van der Waals surface area contributed by atoms with Crippen LogP contribution in [0.3, 0.4) is 0 Å². The van der Waals surface area contributed by atoms with Crippen molar-refractivity contribution in [1.82, 2.24) is 4.57 Å². The van der Waals surface area contributed by atoms with Crippen LogP contribution in [-0.4, -0.2) is 4.57 Å². The molecule has 60 heavy (non-hydrogen) atoms. The highest BCUT2D eigenvalue weighted by atomic mass is 15.1. The van der Waals surface area contributed by atoms with E-state index in [1.54, 1.807) is 0 Å². The lowest BCUT2D eigenvalue weighted by atomic mass is 9.90. The van der Waals surface area contributed by atoms with Gasteiger partial charge in [-0.2, -0.15) is 0 Å². The summed E-state index contributed by atoms with van der Waals surface area (Å²) in [4.78, 5) is 2.42. The molecule has 0 radical (unpaired) electrons. The Hall–Kier alpha value is -7.94. The van der Waals surface area contributed by atoms with Crippen LogP contribution in [0.5, 0.6) is 0 Å². The van der Waals surface area contributed by atoms with E-state index in [1.807, 2.05) is 0 Å². The topological polar surface area (TPSA) is 8.17 Å². The molecule has 0 unspecified atom stereocenters. The summed E-state index contributed by atoms with van der Waals surface area (Å²) in [6.45, 7) is 0. The fourth-order valence-corrected chi connectivity index (χ4v) is 9.63. The largest absolute Gasteiger partial charge is 0.310 e. The van der Waals surface area contributed by atoms with Gasteiger partial charge in [-0.05, 0) is 114 Å². The average molecular weight is 763 g/mol. The van der Waals surface area contributed by atoms with Crippen molar-refractivity contribution >= 4 is 82.0 Å². The molecule has 12 aromatic rings. The quantitative estimate of drug-likeness (QED) is 0.153. The number of anilines is 3. The molecule has 12 rings (SSSR count). The van der Waals surface area contributed by atoms with E-state index in [0.29, 0.717) is 0 Å². The second kappa shape index (κ2) is 13.9. The third kappa shape index (κ3) is 5.42. The molecule has 0 bridgehead atoms. The normalized spacial score (nSPS) is 11.7. The molecule has 0 saturated carbocycles. The van der Waals surface area contributed by atoms with Crippen LogP contribution >= 0.6 is 0 Å². The van der Waals surface area contributed by atoms with Crippen molar-refractivity contribution in [2.24, 2.45) is 0 Å². The van der Waals surface area contributed by atoms with Crippen LogP contribution in [0.4, 0.5) is 17.1 Å². The van der Waals surface area contributed by atoms with Crippen molar-refractivity contribution < 1.29 is 0 Å². The van der Waals surface area contributed by atoms with E-state index in [-0.39, 0.29) is 0 Å². The molecule has 0 spiro atoms. The molecule has 0 amide bonds. The number of para-hydroxylation sites is 3. The minimum atomic E-state index is 1.09. The number of rotatable bonds is 6. The number of nitrogens with zero attached hydrogens (tertiary/aromatic N) is 2. The summed E-state index contributed by atoms with van der Waals surface area (Å²) in [7, 11) is 0. The standard InChI is InChI=1S/C58H38N2/c1-3-14-39(15-4-1)48-19-9-11-24-54(48)59(46-35-37-56-53(38-46)51-21-10-12-25-55(51)60(56)44-17-5-2-6-18-44)45-33-30-41(31-34-45)47-22-13-23-52-50(47)36-32-43-29-28-42-27-26-40-16-7-8-20-49(40)57(42)58(43)52/h1-38H. The van der Waals surface area contributed by atoms with E-state index >= 15 is 0 Å². The van der Waals surface area contributed by atoms with Crippen molar-refractivity contribution in [3.63, 3.8) is 0 Å². The zero-order chi connectivity index (χ0) is 39.6. The van der Waals surface area contributed by atoms with Crippen LogP contribution in [0.15, 0.2) is 231 Å². The zero-order valence-electron chi connectivity index (χ0n) is 32.8. The van der Waals surface area contributed by atoms with Crippen molar-refractivity contribution in [2.75, 3.05) is 4.90 Å². The number of aromatic nitrogens is 1. The van der Waals surface area contributed by atoms with Gasteiger partial charge < -0.3 is 9.47 Å². The van der Waals surface area contributed by atoms with E-state index in [1.165, 1.54) is 87.1 Å². The minimum absolute atomic E-state index is 1.09. The van der Waals surface area contributed by atoms with Crippen LogP contribution in [0.25, 0.3) is 92.8 Å². The average Bonchev–Trinajstić information content (AvgIpc) is 3.66. The summed E-state index contributed by atoms with van der Waals surface area (Å²) in [5.74, 6) is 0. The summed E-state index contributed by atoms with van der Waals surface area (Å²) in [5.41, 5.74) is 11.6. The predicted molar refractivity (Wildman–Crippen MR) is 256 cm³/mol. The van der Waals surface area contributed by atoms with Gasteiger partial charge in [-0.15, -0.1) is 0 Å². The lowest BCUT2D eigenvalue weighted by Crippen LogP contribution is -2.11. The molecule has 1 aromatic heterocycles. The maximum atomic E-state index is 2.42. The molecule has 0 atom stereocenters. The summed E-state index contributed by atoms with van der Waals surface area (Å²) in [6.07, 6.45) is 0. The molecule has 0 aliphatic heterocycles. The molecule has 280 valence electrons. The van der Waals surface area contributed by atoms with Gasteiger partial charge in [0.15, 0.2) is 0 Å². The van der Waals surface area contributed by atoms with Gasteiger partial charge in [0.25, 0.3) is 0 Å². The Labute approximate surface area is 348 Å². The van der Waals surface area contributed by atoms with Gasteiger partial charge >= 0.3 is 0 Å². The van der Waals surface area contributed by atoms with Gasteiger partial charge in [0, 0.05) is 33.4 Å². The van der Waals surface area contributed by atoms with Crippen molar-refractivity contribution in [3.05, 3.63) is 231 Å². The summed E-state index contributed by atoms with van der Waals surface area (Å²) in [5, 5.41) is 12.7. The number of benzene rings is 11. The first kappa shape index (κ1) is 34.1. The van der Waals surface area contributed by atoms with Crippen LogP contribution < -0.4 is 4.90 Å². The maximum absolute atomic E-state index is 2.42. The molecule has 2 heteroatoms. The lowest BCUT2D eigenvalue weighted by molar-refractivity contribution is 1.18. The third-order valence-electron chi connectivity index (χ3n) is 12.3. The predicted octanol–water partition coefficient (Wildman–Crippen LogP) is 16.2. The van der Waals surface area contributed by atoms with Crippen LogP contribution in [0.2, 0.25) is 0 Å². The zero-order valence-corrected chi connectivity index (χ0v) is 32.8. The maximum Gasteiger partial charge on any atom is 0.0542 e. The number of fused-ring (bicyclic) bond motifs is 10. The molecule has 0 N–H and O–H groups in total. The van der Waals surface area contributed by atoms with Crippen molar-refractivity contribution in [2.45, 2.75) is 0 Å². The van der Waals surface area contributed by atoms with Gasteiger partial charge in [-0.1, -0.05) is 176 Å². The van der Waals surface area contributed by atoms with E-state index < -0.39 is 0 Å². The third-order valence-corrected chi connectivity index (χ3v) is 12.3. The summed E-state index contributed by atoms with van der Waals surface area (Å²) < 4.78 is 2.38. The Morgan fingerprint density at radius 1 is 0.300 bits per heavy atom. The van der Waals surface area contributed by atoms with Crippen LogP contribution in [-0.2, 0) is 0 Å². The lowest BCUT2D eigenvalue weighted by Gasteiger charge is -2.28. The van der Waals surface area contributed by atoms with Gasteiger partial charge in [0.1, 0.15) is 0 Å². The monoisotopic (exact) mass is 762 g/mol. The Morgan fingerprint density at radius 2 is 0.867 bits per heavy atom. The fraction of sp³-hybridized carbons (Fsp3) is 0. The molecule has 11 aromatic carbocycles. The second-order valence-electron chi connectivity index (χ2n) is 15.7. The summed E-state index contributed by atoms with van der Waals surface area (Å²) >= 11 is 0. The molecular weight excluding hydrogens is 725 g/mol. The molecule has 1 heterocycles. The molecule has 2 nitrogen and oxygen atoms in total. The smallest absolute Gasteiger partial charge is 0.0542 e. The Balaban J connectivity index is 1.04. The van der Waals surface area contributed by atoms with E-state index in [9.17, 15) is 0 Å². The molecular formula is C58H38N2. The van der Waals surface area contributed by atoms with E-state index in [4.69, 9.17) is 0 Å². The molecule has 0 fully saturated rings. The molecule has 0 saturated heterocycles. The Bertz CT molecular complexity index is 3580. The number of hydrogen-bond acceptors (Lipinski definition) is 1. The first-order valence-electron chi connectivity index (χ1n) is 20.7. The summed E-state index contributed by atoms with van der Waals surface area (Å²) in [6, 6.07) is 84.2.